The summed E-state index contributed by atoms with van der Waals surface area (Å²) in [7, 11) is 3.88. The average Bonchev–Trinajstić information content (AvgIpc) is 2.77. The summed E-state index contributed by atoms with van der Waals surface area (Å²) in [6.07, 6.45) is 1.75. The lowest BCUT2D eigenvalue weighted by molar-refractivity contribution is 0.234. The van der Waals surface area contributed by atoms with Crippen molar-refractivity contribution in [3.63, 3.8) is 0 Å². The largest absolute Gasteiger partial charge is 0.363 e. The molecule has 4 N–H and O–H groups in total. The zero-order valence-corrected chi connectivity index (χ0v) is 13.0. The van der Waals surface area contributed by atoms with E-state index in [2.05, 4.69) is 26.5 Å². The van der Waals surface area contributed by atoms with E-state index in [0.29, 0.717) is 6.54 Å². The minimum absolute atomic E-state index is 0.0692. The van der Waals surface area contributed by atoms with Crippen LogP contribution in [-0.2, 0) is 6.54 Å². The molecule has 2 rings (SSSR count). The lowest BCUT2D eigenvalue weighted by Gasteiger charge is -2.20. The van der Waals surface area contributed by atoms with Crippen molar-refractivity contribution in [3.05, 3.63) is 23.9 Å². The molecule has 1 aliphatic rings. The minimum atomic E-state index is -0.160. The van der Waals surface area contributed by atoms with Crippen LogP contribution in [0.15, 0.2) is 18.3 Å². The number of aromatic nitrogens is 1. The van der Waals surface area contributed by atoms with Crippen LogP contribution < -0.4 is 26.4 Å². The molecule has 7 heteroatoms. The second-order valence-electron chi connectivity index (χ2n) is 5.64. The van der Waals surface area contributed by atoms with Gasteiger partial charge in [0.2, 0.25) is 0 Å². The molecule has 0 aliphatic carbocycles. The van der Waals surface area contributed by atoms with E-state index in [1.54, 1.807) is 6.20 Å². The molecule has 0 aromatic carbocycles. The van der Waals surface area contributed by atoms with Crippen LogP contribution in [0.2, 0.25) is 0 Å². The number of anilines is 1. The fourth-order valence-electron chi connectivity index (χ4n) is 2.33. The molecule has 21 heavy (non-hydrogen) atoms. The standard InChI is InChI=1S/C14H24N6O/c1-9-13(10(2)19-18-9)17-14(21)16-8-11-5-6-15-12(7-11)20(3)4/h5-7,9-10,13,18-19H,8H2,1-4H3,(H2,16,17,21). The SMILES string of the molecule is CC1NNC(C)C1NC(=O)NCc1ccnc(N(C)C)c1. The Morgan fingerprint density at radius 1 is 1.33 bits per heavy atom. The Balaban J connectivity index is 1.85. The van der Waals surface area contributed by atoms with Crippen LogP contribution in [0.25, 0.3) is 0 Å². The fourth-order valence-corrected chi connectivity index (χ4v) is 2.33. The summed E-state index contributed by atoms with van der Waals surface area (Å²) >= 11 is 0. The van der Waals surface area contributed by atoms with Crippen molar-refractivity contribution >= 4 is 11.8 Å². The van der Waals surface area contributed by atoms with E-state index in [1.807, 2.05) is 45.0 Å². The summed E-state index contributed by atoms with van der Waals surface area (Å²) in [4.78, 5) is 18.2. The smallest absolute Gasteiger partial charge is 0.315 e. The molecule has 0 spiro atoms. The highest BCUT2D eigenvalue weighted by Crippen LogP contribution is 2.09. The van der Waals surface area contributed by atoms with E-state index in [0.717, 1.165) is 11.4 Å². The summed E-state index contributed by atoms with van der Waals surface area (Å²) in [6, 6.07) is 4.17. The number of hydrogen-bond donors (Lipinski definition) is 4. The maximum absolute atomic E-state index is 12.0. The van der Waals surface area contributed by atoms with Crippen LogP contribution in [0.4, 0.5) is 10.6 Å². The van der Waals surface area contributed by atoms with Gasteiger partial charge in [0.1, 0.15) is 5.82 Å². The summed E-state index contributed by atoms with van der Waals surface area (Å²) in [5.41, 5.74) is 7.25. The first-order valence-electron chi connectivity index (χ1n) is 7.15. The van der Waals surface area contributed by atoms with Gasteiger partial charge in [0.25, 0.3) is 0 Å². The Morgan fingerprint density at radius 2 is 2.00 bits per heavy atom. The third-order valence-corrected chi connectivity index (χ3v) is 3.63. The molecule has 1 aromatic rings. The average molecular weight is 292 g/mol. The Labute approximate surface area is 125 Å². The zero-order valence-electron chi connectivity index (χ0n) is 13.0. The van der Waals surface area contributed by atoms with Crippen molar-refractivity contribution in [1.82, 2.24) is 26.5 Å². The van der Waals surface area contributed by atoms with Gasteiger partial charge in [-0.2, -0.15) is 0 Å². The van der Waals surface area contributed by atoms with Crippen molar-refractivity contribution < 1.29 is 4.79 Å². The highest BCUT2D eigenvalue weighted by atomic mass is 16.2. The van der Waals surface area contributed by atoms with Crippen molar-refractivity contribution in [2.24, 2.45) is 0 Å². The summed E-state index contributed by atoms with van der Waals surface area (Å²) in [5, 5.41) is 5.87. The van der Waals surface area contributed by atoms with E-state index in [-0.39, 0.29) is 24.2 Å². The molecule has 0 radical (unpaired) electrons. The number of urea groups is 1. The molecule has 2 atom stereocenters. The minimum Gasteiger partial charge on any atom is -0.363 e. The first-order chi connectivity index (χ1) is 9.97. The summed E-state index contributed by atoms with van der Waals surface area (Å²) < 4.78 is 0. The second-order valence-corrected chi connectivity index (χ2v) is 5.64. The quantitative estimate of drug-likeness (QED) is 0.637. The Hall–Kier alpha value is -1.86. The molecule has 7 nitrogen and oxygen atoms in total. The number of nitrogens with one attached hydrogen (secondary N) is 4. The van der Waals surface area contributed by atoms with Gasteiger partial charge < -0.3 is 15.5 Å². The number of hydrazine groups is 1. The fraction of sp³-hybridized carbons (Fsp3) is 0.571. The molecular weight excluding hydrogens is 268 g/mol. The molecule has 1 saturated heterocycles. The van der Waals surface area contributed by atoms with Gasteiger partial charge in [-0.3, -0.25) is 10.9 Å². The van der Waals surface area contributed by atoms with Gasteiger partial charge >= 0.3 is 6.03 Å². The maximum atomic E-state index is 12.0. The van der Waals surface area contributed by atoms with E-state index in [9.17, 15) is 4.79 Å². The molecule has 0 bridgehead atoms. The van der Waals surface area contributed by atoms with E-state index >= 15 is 0 Å². The number of rotatable bonds is 4. The number of amides is 2. The van der Waals surface area contributed by atoms with Crippen molar-refractivity contribution in [2.75, 3.05) is 19.0 Å². The lowest BCUT2D eigenvalue weighted by Crippen LogP contribution is -2.49. The van der Waals surface area contributed by atoms with Crippen LogP contribution in [0.5, 0.6) is 0 Å². The number of hydrogen-bond acceptors (Lipinski definition) is 5. The molecule has 1 fully saturated rings. The predicted molar refractivity (Wildman–Crippen MR) is 82.9 cm³/mol. The highest BCUT2D eigenvalue weighted by molar-refractivity contribution is 5.74. The Bertz CT molecular complexity index is 482. The maximum Gasteiger partial charge on any atom is 0.315 e. The highest BCUT2D eigenvalue weighted by Gasteiger charge is 2.30. The Kier molecular flexibility index (Phi) is 4.98. The summed E-state index contributed by atoms with van der Waals surface area (Å²) in [5.74, 6) is 0.876. The van der Waals surface area contributed by atoms with Gasteiger partial charge in [-0.05, 0) is 31.5 Å². The Morgan fingerprint density at radius 3 is 2.62 bits per heavy atom. The van der Waals surface area contributed by atoms with Gasteiger partial charge in [-0.1, -0.05) is 0 Å². The normalized spacial score (nSPS) is 24.7. The molecule has 2 heterocycles. The van der Waals surface area contributed by atoms with Crippen LogP contribution in [-0.4, -0.2) is 43.2 Å². The zero-order chi connectivity index (χ0) is 15.4. The van der Waals surface area contributed by atoms with Crippen LogP contribution in [0.1, 0.15) is 19.4 Å². The van der Waals surface area contributed by atoms with Gasteiger partial charge in [0.05, 0.1) is 6.04 Å². The van der Waals surface area contributed by atoms with Crippen molar-refractivity contribution in [3.8, 4) is 0 Å². The van der Waals surface area contributed by atoms with Crippen LogP contribution in [0.3, 0.4) is 0 Å². The van der Waals surface area contributed by atoms with Gasteiger partial charge in [-0.25, -0.2) is 9.78 Å². The van der Waals surface area contributed by atoms with E-state index in [1.165, 1.54) is 0 Å². The molecule has 1 aliphatic heterocycles. The number of carbonyl (C=O) groups excluding carboxylic acids is 1. The predicted octanol–water partition coefficient (Wildman–Crippen LogP) is 0.200. The van der Waals surface area contributed by atoms with Crippen molar-refractivity contribution in [2.45, 2.75) is 38.5 Å². The monoisotopic (exact) mass is 292 g/mol. The number of carbonyl (C=O) groups is 1. The number of pyridine rings is 1. The third kappa shape index (κ3) is 4.05. The molecular formula is C14H24N6O. The molecule has 0 saturated carbocycles. The molecule has 2 amide bonds. The van der Waals surface area contributed by atoms with Gasteiger partial charge in [0.15, 0.2) is 0 Å². The van der Waals surface area contributed by atoms with E-state index < -0.39 is 0 Å². The first-order valence-corrected chi connectivity index (χ1v) is 7.15. The topological polar surface area (TPSA) is 81.3 Å². The van der Waals surface area contributed by atoms with Crippen LogP contribution >= 0.6 is 0 Å². The molecule has 1 aromatic heterocycles. The third-order valence-electron chi connectivity index (χ3n) is 3.63. The number of nitrogens with zero attached hydrogens (tertiary/aromatic N) is 2. The van der Waals surface area contributed by atoms with Gasteiger partial charge in [0, 0.05) is 38.9 Å². The van der Waals surface area contributed by atoms with Gasteiger partial charge in [-0.15, -0.1) is 0 Å². The van der Waals surface area contributed by atoms with E-state index in [4.69, 9.17) is 0 Å². The van der Waals surface area contributed by atoms with Crippen molar-refractivity contribution in [1.29, 1.82) is 0 Å². The molecule has 2 unspecified atom stereocenters. The lowest BCUT2D eigenvalue weighted by atomic mass is 10.1. The molecule has 116 valence electrons. The second kappa shape index (κ2) is 6.73. The van der Waals surface area contributed by atoms with Crippen LogP contribution in [0, 0.1) is 0 Å². The first kappa shape index (κ1) is 15.5. The summed E-state index contributed by atoms with van der Waals surface area (Å²) in [6.45, 7) is 4.55.